The standard InChI is InChI=1S/C17H24N2O3.ClH/c1-13-12-18-8-9-19(13)17(21)7-4-10-22-16-6-3-5-15(11-16)14(2)20;/h3,5-6,11,13,18H,4,7-10,12H2,1-2H3;1H. The van der Waals surface area contributed by atoms with Gasteiger partial charge in [0.05, 0.1) is 6.61 Å². The third-order valence-corrected chi connectivity index (χ3v) is 3.87. The van der Waals surface area contributed by atoms with Crippen molar-refractivity contribution in [3.05, 3.63) is 29.8 Å². The second kappa shape index (κ2) is 9.53. The van der Waals surface area contributed by atoms with Crippen molar-refractivity contribution in [3.8, 4) is 5.75 Å². The second-order valence-corrected chi connectivity index (χ2v) is 5.68. The van der Waals surface area contributed by atoms with Crippen LogP contribution in [0.4, 0.5) is 0 Å². The number of ketones is 1. The first-order chi connectivity index (χ1) is 10.6. The molecule has 1 unspecified atom stereocenters. The number of rotatable bonds is 6. The molecule has 0 saturated carbocycles. The molecule has 1 aliphatic rings. The van der Waals surface area contributed by atoms with E-state index < -0.39 is 0 Å². The van der Waals surface area contributed by atoms with Gasteiger partial charge in [0, 0.05) is 37.7 Å². The van der Waals surface area contributed by atoms with Gasteiger partial charge in [-0.25, -0.2) is 0 Å². The van der Waals surface area contributed by atoms with Gasteiger partial charge in [0.2, 0.25) is 5.91 Å². The van der Waals surface area contributed by atoms with Crippen LogP contribution in [-0.2, 0) is 4.79 Å². The van der Waals surface area contributed by atoms with E-state index in [1.165, 1.54) is 6.92 Å². The Balaban J connectivity index is 0.00000264. The lowest BCUT2D eigenvalue weighted by molar-refractivity contribution is -0.134. The highest BCUT2D eigenvalue weighted by Gasteiger charge is 2.22. The van der Waals surface area contributed by atoms with Crippen LogP contribution in [0, 0.1) is 0 Å². The molecule has 128 valence electrons. The maximum Gasteiger partial charge on any atom is 0.223 e. The first-order valence-corrected chi connectivity index (χ1v) is 7.82. The lowest BCUT2D eigenvalue weighted by atomic mass is 10.1. The number of hydrogen-bond donors (Lipinski definition) is 1. The van der Waals surface area contributed by atoms with Gasteiger partial charge in [-0.1, -0.05) is 12.1 Å². The Hall–Kier alpha value is -1.59. The van der Waals surface area contributed by atoms with Crippen molar-refractivity contribution >= 4 is 24.1 Å². The Labute approximate surface area is 143 Å². The van der Waals surface area contributed by atoms with Crippen LogP contribution in [0.15, 0.2) is 24.3 Å². The van der Waals surface area contributed by atoms with E-state index in [4.69, 9.17) is 4.74 Å². The molecule has 1 aliphatic heterocycles. The number of carbonyl (C=O) groups excluding carboxylic acids is 2. The molecule has 1 atom stereocenters. The monoisotopic (exact) mass is 340 g/mol. The molecule has 5 nitrogen and oxygen atoms in total. The number of carbonyl (C=O) groups is 2. The molecule has 1 aromatic carbocycles. The topological polar surface area (TPSA) is 58.6 Å². The largest absolute Gasteiger partial charge is 0.494 e. The van der Waals surface area contributed by atoms with E-state index >= 15 is 0 Å². The number of benzene rings is 1. The molecule has 0 aromatic heterocycles. The van der Waals surface area contributed by atoms with E-state index in [0.29, 0.717) is 30.8 Å². The molecule has 23 heavy (non-hydrogen) atoms. The highest BCUT2D eigenvalue weighted by Crippen LogP contribution is 2.14. The molecular weight excluding hydrogens is 316 g/mol. The van der Waals surface area contributed by atoms with Gasteiger partial charge in [0.15, 0.2) is 5.78 Å². The molecule has 0 spiro atoms. The summed E-state index contributed by atoms with van der Waals surface area (Å²) in [5.41, 5.74) is 0.642. The number of nitrogens with one attached hydrogen (secondary N) is 1. The van der Waals surface area contributed by atoms with Gasteiger partial charge in [-0.3, -0.25) is 9.59 Å². The predicted octanol–water partition coefficient (Wildman–Crippen LogP) is 2.29. The fourth-order valence-electron chi connectivity index (χ4n) is 2.57. The summed E-state index contributed by atoms with van der Waals surface area (Å²) < 4.78 is 5.63. The van der Waals surface area contributed by atoms with Crippen molar-refractivity contribution in [2.24, 2.45) is 0 Å². The van der Waals surface area contributed by atoms with Gasteiger partial charge in [-0.2, -0.15) is 0 Å². The molecule has 1 fully saturated rings. The molecule has 0 bridgehead atoms. The average molecular weight is 341 g/mol. The minimum Gasteiger partial charge on any atom is -0.494 e. The zero-order chi connectivity index (χ0) is 15.9. The fourth-order valence-corrected chi connectivity index (χ4v) is 2.57. The van der Waals surface area contributed by atoms with Gasteiger partial charge in [0.1, 0.15) is 5.75 Å². The molecule has 1 saturated heterocycles. The minimum atomic E-state index is 0. The van der Waals surface area contributed by atoms with E-state index in [9.17, 15) is 9.59 Å². The molecule has 1 amide bonds. The maximum absolute atomic E-state index is 12.2. The predicted molar refractivity (Wildman–Crippen MR) is 92.5 cm³/mol. The third kappa shape index (κ3) is 5.84. The fraction of sp³-hybridized carbons (Fsp3) is 0.529. The van der Waals surface area contributed by atoms with Crippen molar-refractivity contribution in [3.63, 3.8) is 0 Å². The lowest BCUT2D eigenvalue weighted by Gasteiger charge is -2.34. The van der Waals surface area contributed by atoms with Gasteiger partial charge < -0.3 is 15.0 Å². The Morgan fingerprint density at radius 3 is 2.87 bits per heavy atom. The number of Topliss-reactive ketones (excluding diaryl/α,β-unsaturated/α-hetero) is 1. The van der Waals surface area contributed by atoms with Crippen LogP contribution in [0.5, 0.6) is 5.75 Å². The maximum atomic E-state index is 12.2. The van der Waals surface area contributed by atoms with Crippen molar-refractivity contribution in [1.29, 1.82) is 0 Å². The van der Waals surface area contributed by atoms with Crippen molar-refractivity contribution in [2.45, 2.75) is 32.7 Å². The SMILES string of the molecule is CC(=O)c1cccc(OCCCC(=O)N2CCNCC2C)c1.Cl. The molecule has 1 N–H and O–H groups in total. The van der Waals surface area contributed by atoms with E-state index in [2.05, 4.69) is 12.2 Å². The van der Waals surface area contributed by atoms with Crippen LogP contribution in [-0.4, -0.2) is 48.9 Å². The Bertz CT molecular complexity index is 536. The summed E-state index contributed by atoms with van der Waals surface area (Å²) in [6.45, 7) is 6.58. The van der Waals surface area contributed by atoms with E-state index in [1.807, 2.05) is 11.0 Å². The van der Waals surface area contributed by atoms with Crippen LogP contribution < -0.4 is 10.1 Å². The Morgan fingerprint density at radius 2 is 2.17 bits per heavy atom. The van der Waals surface area contributed by atoms with Crippen molar-refractivity contribution in [2.75, 3.05) is 26.2 Å². The minimum absolute atomic E-state index is 0. The number of nitrogens with zero attached hydrogens (tertiary/aromatic N) is 1. The van der Waals surface area contributed by atoms with Crippen molar-refractivity contribution < 1.29 is 14.3 Å². The Kier molecular flexibility index (Phi) is 8.06. The van der Waals surface area contributed by atoms with Gasteiger partial charge in [-0.15, -0.1) is 12.4 Å². The second-order valence-electron chi connectivity index (χ2n) is 5.68. The molecular formula is C17H25ClN2O3. The number of hydrogen-bond acceptors (Lipinski definition) is 4. The molecule has 0 radical (unpaired) electrons. The summed E-state index contributed by atoms with van der Waals surface area (Å²) in [7, 11) is 0. The smallest absolute Gasteiger partial charge is 0.223 e. The van der Waals surface area contributed by atoms with E-state index in [-0.39, 0.29) is 30.1 Å². The van der Waals surface area contributed by atoms with Crippen LogP contribution in [0.2, 0.25) is 0 Å². The molecule has 1 heterocycles. The summed E-state index contributed by atoms with van der Waals surface area (Å²) >= 11 is 0. The molecule has 0 aliphatic carbocycles. The molecule has 6 heteroatoms. The van der Waals surface area contributed by atoms with E-state index in [1.54, 1.807) is 18.2 Å². The summed E-state index contributed by atoms with van der Waals surface area (Å²) in [6, 6.07) is 7.40. The van der Waals surface area contributed by atoms with Crippen LogP contribution in [0.25, 0.3) is 0 Å². The van der Waals surface area contributed by atoms with Crippen LogP contribution >= 0.6 is 12.4 Å². The highest BCUT2D eigenvalue weighted by atomic mass is 35.5. The molecule has 2 rings (SSSR count). The Morgan fingerprint density at radius 1 is 1.39 bits per heavy atom. The van der Waals surface area contributed by atoms with Gasteiger partial charge >= 0.3 is 0 Å². The molecule has 1 aromatic rings. The van der Waals surface area contributed by atoms with Crippen LogP contribution in [0.1, 0.15) is 37.0 Å². The summed E-state index contributed by atoms with van der Waals surface area (Å²) in [5, 5.41) is 3.28. The third-order valence-electron chi connectivity index (χ3n) is 3.87. The zero-order valence-corrected chi connectivity index (χ0v) is 14.5. The lowest BCUT2D eigenvalue weighted by Crippen LogP contribution is -2.52. The van der Waals surface area contributed by atoms with Crippen LogP contribution in [0.3, 0.4) is 0 Å². The highest BCUT2D eigenvalue weighted by molar-refractivity contribution is 5.94. The summed E-state index contributed by atoms with van der Waals surface area (Å²) in [5.74, 6) is 0.888. The van der Waals surface area contributed by atoms with Gasteiger partial charge in [0.25, 0.3) is 0 Å². The summed E-state index contributed by atoms with van der Waals surface area (Å²) in [4.78, 5) is 25.4. The average Bonchev–Trinajstić information content (AvgIpc) is 2.52. The number of halogens is 1. The van der Waals surface area contributed by atoms with E-state index in [0.717, 1.165) is 19.6 Å². The first-order valence-electron chi connectivity index (χ1n) is 7.82. The van der Waals surface area contributed by atoms with Gasteiger partial charge in [-0.05, 0) is 32.4 Å². The normalized spacial score (nSPS) is 17.3. The summed E-state index contributed by atoms with van der Waals surface area (Å²) in [6.07, 6.45) is 1.18. The number of piperazine rings is 1. The van der Waals surface area contributed by atoms with Crippen molar-refractivity contribution in [1.82, 2.24) is 10.2 Å². The quantitative estimate of drug-likeness (QED) is 0.637. The zero-order valence-electron chi connectivity index (χ0n) is 13.7. The number of ether oxygens (including phenoxy) is 1. The first kappa shape index (κ1) is 19.5. The number of amides is 1.